The molecule has 0 aliphatic heterocycles. The smallest absolute Gasteiger partial charge is 0.220 e. The average molecular weight is 367 g/mol. The summed E-state index contributed by atoms with van der Waals surface area (Å²) in [6, 6.07) is 4.06. The van der Waals surface area contributed by atoms with E-state index in [2.05, 4.69) is 27.9 Å². The number of nitrogens with zero attached hydrogens (tertiary/aromatic N) is 3. The van der Waals surface area contributed by atoms with Crippen molar-refractivity contribution in [2.45, 2.75) is 57.8 Å². The zero-order valence-corrected chi connectivity index (χ0v) is 16.5. The highest BCUT2D eigenvalue weighted by molar-refractivity contribution is 5.30. The molecule has 2 unspecified atom stereocenters. The van der Waals surface area contributed by atoms with E-state index in [1.807, 2.05) is 19.2 Å². The molecular weight excluding hydrogens is 338 g/mol. The van der Waals surface area contributed by atoms with Gasteiger partial charge in [-0.2, -0.15) is 4.98 Å². The van der Waals surface area contributed by atoms with Gasteiger partial charge in [-0.1, -0.05) is 26.2 Å². The van der Waals surface area contributed by atoms with Crippen molar-refractivity contribution in [1.29, 1.82) is 0 Å². The number of hydrogen-bond donors (Lipinski definition) is 0. The van der Waals surface area contributed by atoms with Gasteiger partial charge in [0.05, 0.1) is 19.9 Å². The third-order valence-electron chi connectivity index (χ3n) is 6.26. The second kappa shape index (κ2) is 7.83. The Bertz CT molecular complexity index is 772. The molecule has 2 saturated carbocycles. The molecule has 0 amide bonds. The van der Waals surface area contributed by atoms with E-state index in [1.165, 1.54) is 37.7 Å². The number of hydrogen-bond acceptors (Lipinski definition) is 5. The second-order valence-corrected chi connectivity index (χ2v) is 8.00. The van der Waals surface area contributed by atoms with Crippen LogP contribution in [0.2, 0.25) is 0 Å². The predicted molar refractivity (Wildman–Crippen MR) is 104 cm³/mol. The number of pyridine rings is 1. The molecule has 2 aromatic heterocycles. The molecule has 0 radical (unpaired) electrons. The van der Waals surface area contributed by atoms with E-state index in [1.54, 1.807) is 13.3 Å². The molecule has 2 fully saturated rings. The van der Waals surface area contributed by atoms with Gasteiger partial charge < -0.3 is 9.47 Å². The number of rotatable bonds is 6. The summed E-state index contributed by atoms with van der Waals surface area (Å²) in [4.78, 5) is 13.6. The normalized spacial score (nSPS) is 25.2. The van der Waals surface area contributed by atoms with Gasteiger partial charge in [-0.05, 0) is 43.7 Å². The molecule has 0 spiro atoms. The first-order valence-electron chi connectivity index (χ1n) is 10.1. The fourth-order valence-electron chi connectivity index (χ4n) is 4.44. The van der Waals surface area contributed by atoms with Gasteiger partial charge in [0.2, 0.25) is 5.88 Å². The minimum Gasteiger partial charge on any atom is -0.495 e. The third kappa shape index (κ3) is 3.92. The van der Waals surface area contributed by atoms with Crippen molar-refractivity contribution in [3.05, 3.63) is 41.6 Å². The van der Waals surface area contributed by atoms with Crippen LogP contribution in [0, 0.1) is 18.8 Å². The van der Waals surface area contributed by atoms with Crippen LogP contribution in [-0.4, -0.2) is 28.7 Å². The summed E-state index contributed by atoms with van der Waals surface area (Å²) in [5, 5.41) is 0. The van der Waals surface area contributed by atoms with Gasteiger partial charge in [0.15, 0.2) is 0 Å². The molecule has 0 aromatic carbocycles. The lowest BCUT2D eigenvalue weighted by atomic mass is 9.85. The van der Waals surface area contributed by atoms with Crippen LogP contribution in [0.25, 0.3) is 0 Å². The Morgan fingerprint density at radius 1 is 1.07 bits per heavy atom. The Morgan fingerprint density at radius 2 is 1.89 bits per heavy atom. The predicted octanol–water partition coefficient (Wildman–Crippen LogP) is 4.66. The summed E-state index contributed by atoms with van der Waals surface area (Å²) in [7, 11) is 1.67. The Balaban J connectivity index is 1.43. The number of ether oxygens (including phenoxy) is 2. The molecule has 2 heterocycles. The average Bonchev–Trinajstić information content (AvgIpc) is 3.36. The first kappa shape index (κ1) is 18.2. The van der Waals surface area contributed by atoms with E-state index >= 15 is 0 Å². The number of methoxy groups -OCH3 is 1. The molecule has 5 nitrogen and oxygen atoms in total. The summed E-state index contributed by atoms with van der Waals surface area (Å²) in [6.45, 7) is 4.90. The van der Waals surface area contributed by atoms with Gasteiger partial charge in [-0.3, -0.25) is 4.98 Å². The number of aromatic nitrogens is 3. The highest BCUT2D eigenvalue weighted by atomic mass is 16.5. The van der Waals surface area contributed by atoms with Gasteiger partial charge >= 0.3 is 0 Å². The van der Waals surface area contributed by atoms with Gasteiger partial charge in [-0.25, -0.2) is 4.98 Å². The first-order chi connectivity index (χ1) is 13.2. The summed E-state index contributed by atoms with van der Waals surface area (Å²) in [5.41, 5.74) is 2.33. The Morgan fingerprint density at radius 3 is 2.59 bits per heavy atom. The van der Waals surface area contributed by atoms with Gasteiger partial charge in [0.25, 0.3) is 0 Å². The van der Waals surface area contributed by atoms with E-state index in [0.29, 0.717) is 30.3 Å². The maximum Gasteiger partial charge on any atom is 0.220 e. The summed E-state index contributed by atoms with van der Waals surface area (Å²) < 4.78 is 11.5. The molecule has 0 bridgehead atoms. The van der Waals surface area contributed by atoms with Crippen LogP contribution in [-0.2, 0) is 0 Å². The van der Waals surface area contributed by atoms with Crippen molar-refractivity contribution in [2.24, 2.45) is 11.8 Å². The zero-order valence-electron chi connectivity index (χ0n) is 16.5. The standard InChI is InChI=1S/C22H29N3O2/c1-14-19(21(14)20-10-9-17(26-3)11-24-20)13-27-22-18(12-23-15(2)25-22)16-7-5-4-6-8-16/h9-12,14,16,19,21H,4-8,13H2,1-3H3/t14-,19?,21?/m1/s1. The SMILES string of the molecule is COc1ccc(C2C(COc3nc(C)ncc3C3CCCCC3)[C@H]2C)nc1. The van der Waals surface area contributed by atoms with Crippen LogP contribution in [0.15, 0.2) is 24.5 Å². The largest absolute Gasteiger partial charge is 0.495 e. The van der Waals surface area contributed by atoms with E-state index in [0.717, 1.165) is 23.1 Å². The highest BCUT2D eigenvalue weighted by Crippen LogP contribution is 2.53. The van der Waals surface area contributed by atoms with Crippen LogP contribution < -0.4 is 9.47 Å². The maximum atomic E-state index is 6.26. The molecular formula is C22H29N3O2. The van der Waals surface area contributed by atoms with Crippen molar-refractivity contribution in [3.8, 4) is 11.6 Å². The lowest BCUT2D eigenvalue weighted by Crippen LogP contribution is -2.12. The molecule has 0 N–H and O–H groups in total. The van der Waals surface area contributed by atoms with Crippen LogP contribution in [0.4, 0.5) is 0 Å². The molecule has 2 aliphatic carbocycles. The van der Waals surface area contributed by atoms with Crippen molar-refractivity contribution >= 4 is 0 Å². The highest BCUT2D eigenvalue weighted by Gasteiger charge is 2.49. The molecule has 0 saturated heterocycles. The Labute approximate surface area is 161 Å². The minimum absolute atomic E-state index is 0.456. The van der Waals surface area contributed by atoms with E-state index in [-0.39, 0.29) is 0 Å². The summed E-state index contributed by atoms with van der Waals surface area (Å²) >= 11 is 0. The number of aryl methyl sites for hydroxylation is 1. The fraction of sp³-hybridized carbons (Fsp3) is 0.591. The topological polar surface area (TPSA) is 57.1 Å². The van der Waals surface area contributed by atoms with Crippen LogP contribution in [0.3, 0.4) is 0 Å². The molecule has 4 rings (SSSR count). The van der Waals surface area contributed by atoms with Crippen LogP contribution in [0.5, 0.6) is 11.6 Å². The monoisotopic (exact) mass is 367 g/mol. The first-order valence-corrected chi connectivity index (χ1v) is 10.1. The molecule has 27 heavy (non-hydrogen) atoms. The van der Waals surface area contributed by atoms with Crippen molar-refractivity contribution in [1.82, 2.24) is 15.0 Å². The quantitative estimate of drug-likeness (QED) is 0.743. The Kier molecular flexibility index (Phi) is 5.28. The summed E-state index contributed by atoms with van der Waals surface area (Å²) in [6.07, 6.45) is 10.2. The third-order valence-corrected chi connectivity index (χ3v) is 6.26. The second-order valence-electron chi connectivity index (χ2n) is 8.00. The summed E-state index contributed by atoms with van der Waals surface area (Å²) in [5.74, 6) is 4.44. The zero-order chi connectivity index (χ0) is 18.8. The lowest BCUT2D eigenvalue weighted by molar-refractivity contribution is 0.271. The Hall–Kier alpha value is -2.17. The molecule has 144 valence electrons. The molecule has 5 heteroatoms. The molecule has 2 aliphatic rings. The minimum atomic E-state index is 0.456. The fourth-order valence-corrected chi connectivity index (χ4v) is 4.44. The molecule has 2 aromatic rings. The van der Waals surface area contributed by atoms with E-state index < -0.39 is 0 Å². The van der Waals surface area contributed by atoms with Crippen LogP contribution in [0.1, 0.15) is 67.9 Å². The lowest BCUT2D eigenvalue weighted by Gasteiger charge is -2.23. The van der Waals surface area contributed by atoms with Crippen molar-refractivity contribution in [2.75, 3.05) is 13.7 Å². The van der Waals surface area contributed by atoms with E-state index in [9.17, 15) is 0 Å². The van der Waals surface area contributed by atoms with Crippen LogP contribution >= 0.6 is 0 Å². The van der Waals surface area contributed by atoms with Gasteiger partial charge in [0.1, 0.15) is 11.6 Å². The van der Waals surface area contributed by atoms with Crippen molar-refractivity contribution in [3.63, 3.8) is 0 Å². The molecule has 3 atom stereocenters. The van der Waals surface area contributed by atoms with Gasteiger partial charge in [0, 0.05) is 29.3 Å². The maximum absolute atomic E-state index is 6.26. The van der Waals surface area contributed by atoms with E-state index in [4.69, 9.17) is 9.47 Å². The van der Waals surface area contributed by atoms with Crippen molar-refractivity contribution < 1.29 is 9.47 Å². The van der Waals surface area contributed by atoms with Gasteiger partial charge in [-0.15, -0.1) is 0 Å².